The van der Waals surface area contributed by atoms with Gasteiger partial charge in [-0.05, 0) is 12.8 Å². The maximum absolute atomic E-state index is 12.8. The Hall–Kier alpha value is -0.500. The first-order valence-electron chi connectivity index (χ1n) is 29.3. The lowest BCUT2D eigenvalue weighted by atomic mass is 10.0. The van der Waals surface area contributed by atoms with Crippen LogP contribution < -0.4 is 4.89 Å². The van der Waals surface area contributed by atoms with Gasteiger partial charge in [0.15, 0.2) is 0 Å². The molecule has 0 rings (SSSR count). The highest BCUT2D eigenvalue weighted by molar-refractivity contribution is 7.45. The third kappa shape index (κ3) is 54.4. The molecule has 0 radical (unpaired) electrons. The van der Waals surface area contributed by atoms with Gasteiger partial charge in [0.1, 0.15) is 19.3 Å². The molecule has 0 spiro atoms. The van der Waals surface area contributed by atoms with Crippen molar-refractivity contribution in [3.8, 4) is 0 Å². The Morgan fingerprint density at radius 1 is 0.409 bits per heavy atom. The summed E-state index contributed by atoms with van der Waals surface area (Å²) >= 11 is 0. The monoisotopic (exact) mass is 958 g/mol. The normalized spacial score (nSPS) is 13.4. The molecule has 0 saturated heterocycles. The van der Waals surface area contributed by atoms with E-state index in [1.165, 1.54) is 250 Å². The van der Waals surface area contributed by atoms with Crippen molar-refractivity contribution in [2.75, 3.05) is 54.1 Å². The molecule has 2 atom stereocenters. The van der Waals surface area contributed by atoms with E-state index in [-0.39, 0.29) is 25.8 Å². The first kappa shape index (κ1) is 65.5. The van der Waals surface area contributed by atoms with Crippen molar-refractivity contribution in [3.63, 3.8) is 0 Å². The minimum Gasteiger partial charge on any atom is -0.756 e. The molecule has 0 fully saturated rings. The van der Waals surface area contributed by atoms with Crippen molar-refractivity contribution in [3.05, 3.63) is 0 Å². The van der Waals surface area contributed by atoms with Gasteiger partial charge in [-0.1, -0.05) is 284 Å². The lowest BCUT2D eigenvalue weighted by molar-refractivity contribution is -0.870. The van der Waals surface area contributed by atoms with Gasteiger partial charge in [-0.25, -0.2) is 0 Å². The van der Waals surface area contributed by atoms with Crippen LogP contribution in [0.1, 0.15) is 303 Å². The molecule has 0 aromatic heterocycles. The molecule has 0 aromatic carbocycles. The van der Waals surface area contributed by atoms with Crippen LogP contribution in [-0.4, -0.2) is 70.7 Å². The number of ether oxygens (including phenoxy) is 2. The number of phosphoric acid groups is 1. The molecule has 0 aliphatic carbocycles. The van der Waals surface area contributed by atoms with Gasteiger partial charge >= 0.3 is 5.97 Å². The zero-order valence-electron chi connectivity index (χ0n) is 45.2. The predicted octanol–water partition coefficient (Wildman–Crippen LogP) is 17.7. The number of quaternary nitrogens is 1. The lowest BCUT2D eigenvalue weighted by Crippen LogP contribution is -2.37. The van der Waals surface area contributed by atoms with E-state index in [2.05, 4.69) is 13.8 Å². The van der Waals surface area contributed by atoms with E-state index in [0.29, 0.717) is 24.1 Å². The fraction of sp³-hybridized carbons (Fsp3) is 0.982. The number of nitrogens with zero attached hydrogens (tertiary/aromatic N) is 1. The van der Waals surface area contributed by atoms with Crippen molar-refractivity contribution < 1.29 is 37.3 Å². The first-order chi connectivity index (χ1) is 32.1. The fourth-order valence-electron chi connectivity index (χ4n) is 8.90. The SMILES string of the molecule is CCCCCCCCCCCCCCCCCCCCCCCCCCCC(=O)OC(COCCCCCCCCCCCCCCCCCCCCC)COP(=O)([O-])OCC[N+](C)(C)C. The van der Waals surface area contributed by atoms with E-state index >= 15 is 0 Å². The molecule has 0 bridgehead atoms. The summed E-state index contributed by atoms with van der Waals surface area (Å²) in [7, 11) is 1.38. The Morgan fingerprint density at radius 2 is 0.697 bits per heavy atom. The molecular formula is C57H116NO7P. The maximum atomic E-state index is 12.8. The second-order valence-electron chi connectivity index (χ2n) is 21.4. The van der Waals surface area contributed by atoms with Gasteiger partial charge in [-0.2, -0.15) is 0 Å². The molecule has 0 aromatic rings. The smallest absolute Gasteiger partial charge is 0.306 e. The van der Waals surface area contributed by atoms with Crippen molar-refractivity contribution in [2.24, 2.45) is 0 Å². The van der Waals surface area contributed by atoms with Gasteiger partial charge in [0, 0.05) is 13.0 Å². The molecule has 66 heavy (non-hydrogen) atoms. The molecule has 396 valence electrons. The number of phosphoric ester groups is 1. The summed E-state index contributed by atoms with van der Waals surface area (Å²) in [6.07, 6.45) is 58.6. The summed E-state index contributed by atoms with van der Waals surface area (Å²) < 4.78 is 34.9. The third-order valence-electron chi connectivity index (χ3n) is 13.4. The van der Waals surface area contributed by atoms with Crippen molar-refractivity contribution in [1.82, 2.24) is 0 Å². The molecule has 0 aliphatic rings. The molecule has 0 N–H and O–H groups in total. The number of likely N-dealkylation sites (N-methyl/N-ethyl adjacent to an activating group) is 1. The van der Waals surface area contributed by atoms with Crippen LogP contribution in [0.2, 0.25) is 0 Å². The largest absolute Gasteiger partial charge is 0.756 e. The van der Waals surface area contributed by atoms with Crippen molar-refractivity contribution in [2.45, 2.75) is 309 Å². The molecule has 0 amide bonds. The molecular weight excluding hydrogens is 842 g/mol. The summed E-state index contributed by atoms with van der Waals surface area (Å²) in [4.78, 5) is 25.3. The molecule has 0 aliphatic heterocycles. The summed E-state index contributed by atoms with van der Waals surface area (Å²) in [6.45, 7) is 5.51. The Labute approximate surface area is 412 Å². The number of unbranched alkanes of at least 4 members (excludes halogenated alkanes) is 42. The number of carbonyl (C=O) groups is 1. The number of hydrogen-bond donors (Lipinski definition) is 0. The van der Waals surface area contributed by atoms with Gasteiger partial charge in [0.2, 0.25) is 0 Å². The van der Waals surface area contributed by atoms with E-state index < -0.39 is 13.9 Å². The molecule has 0 heterocycles. The Balaban J connectivity index is 3.99. The van der Waals surface area contributed by atoms with Crippen LogP contribution >= 0.6 is 7.82 Å². The average Bonchev–Trinajstić information content (AvgIpc) is 3.28. The molecule has 2 unspecified atom stereocenters. The summed E-state index contributed by atoms with van der Waals surface area (Å²) in [5, 5.41) is 0. The van der Waals surface area contributed by atoms with Crippen LogP contribution in [0.4, 0.5) is 0 Å². The topological polar surface area (TPSA) is 94.1 Å². The van der Waals surface area contributed by atoms with Crippen LogP contribution in [0.15, 0.2) is 0 Å². The second kappa shape index (κ2) is 50.9. The predicted molar refractivity (Wildman–Crippen MR) is 282 cm³/mol. The molecule has 8 nitrogen and oxygen atoms in total. The summed E-state index contributed by atoms with van der Waals surface area (Å²) in [6, 6.07) is 0. The van der Waals surface area contributed by atoms with E-state index in [1.807, 2.05) is 21.1 Å². The van der Waals surface area contributed by atoms with Crippen LogP contribution in [0, 0.1) is 0 Å². The van der Waals surface area contributed by atoms with Gasteiger partial charge in [0.05, 0.1) is 34.4 Å². The highest BCUT2D eigenvalue weighted by Gasteiger charge is 2.20. The van der Waals surface area contributed by atoms with E-state index in [1.54, 1.807) is 0 Å². The standard InChI is InChI=1S/C57H116NO7P/c1-6-8-10-12-14-16-18-20-22-24-26-27-28-29-30-31-32-34-36-38-40-42-44-46-48-50-57(59)65-56(55-64-66(60,61)63-53-51-58(3,4)5)54-62-52-49-47-45-43-41-39-37-35-33-25-23-21-19-17-15-13-11-9-7-2/h56H,6-55H2,1-5H3. The minimum atomic E-state index is -4.53. The third-order valence-corrected chi connectivity index (χ3v) is 14.4. The zero-order chi connectivity index (χ0) is 48.3. The number of esters is 1. The van der Waals surface area contributed by atoms with Crippen LogP contribution in [0.5, 0.6) is 0 Å². The highest BCUT2D eigenvalue weighted by atomic mass is 31.2. The van der Waals surface area contributed by atoms with E-state index in [9.17, 15) is 14.3 Å². The van der Waals surface area contributed by atoms with E-state index in [4.69, 9.17) is 18.5 Å². The second-order valence-corrected chi connectivity index (χ2v) is 22.8. The van der Waals surface area contributed by atoms with Crippen molar-refractivity contribution in [1.29, 1.82) is 0 Å². The maximum Gasteiger partial charge on any atom is 0.306 e. The fourth-order valence-corrected chi connectivity index (χ4v) is 9.63. The summed E-state index contributed by atoms with van der Waals surface area (Å²) in [5.74, 6) is -0.323. The average molecular weight is 959 g/mol. The molecule has 9 heteroatoms. The van der Waals surface area contributed by atoms with Gasteiger partial charge in [-0.3, -0.25) is 9.36 Å². The van der Waals surface area contributed by atoms with Gasteiger partial charge in [-0.15, -0.1) is 0 Å². The Morgan fingerprint density at radius 3 is 1.00 bits per heavy atom. The number of rotatable bonds is 56. The Kier molecular flexibility index (Phi) is 50.5. The quantitative estimate of drug-likeness (QED) is 0.0259. The molecule has 0 saturated carbocycles. The van der Waals surface area contributed by atoms with Crippen LogP contribution in [0.25, 0.3) is 0 Å². The lowest BCUT2D eigenvalue weighted by Gasteiger charge is -2.28. The van der Waals surface area contributed by atoms with E-state index in [0.717, 1.165) is 32.1 Å². The highest BCUT2D eigenvalue weighted by Crippen LogP contribution is 2.38. The van der Waals surface area contributed by atoms with Crippen molar-refractivity contribution >= 4 is 13.8 Å². The van der Waals surface area contributed by atoms with Crippen LogP contribution in [0.3, 0.4) is 0 Å². The minimum absolute atomic E-state index is 0.0320. The number of carbonyl (C=O) groups excluding carboxylic acids is 1. The Bertz CT molecular complexity index is 1020. The zero-order valence-corrected chi connectivity index (χ0v) is 46.1. The van der Waals surface area contributed by atoms with Gasteiger partial charge < -0.3 is 27.9 Å². The van der Waals surface area contributed by atoms with Crippen LogP contribution in [-0.2, 0) is 27.9 Å². The summed E-state index contributed by atoms with van der Waals surface area (Å²) in [5.41, 5.74) is 0. The number of hydrogen-bond acceptors (Lipinski definition) is 7. The van der Waals surface area contributed by atoms with Gasteiger partial charge in [0.25, 0.3) is 7.82 Å². The first-order valence-corrected chi connectivity index (χ1v) is 30.7.